The number of amides is 1. The van der Waals surface area contributed by atoms with Crippen LogP contribution < -0.4 is 5.32 Å². The highest BCUT2D eigenvalue weighted by Crippen LogP contribution is 2.24. The molecule has 158 valence electrons. The molecular formula is C20H22N4O4S2. The predicted molar refractivity (Wildman–Crippen MR) is 114 cm³/mol. The van der Waals surface area contributed by atoms with Gasteiger partial charge in [-0.2, -0.15) is 9.40 Å². The molecule has 2 aromatic heterocycles. The van der Waals surface area contributed by atoms with Crippen LogP contribution in [0.4, 0.5) is 0 Å². The number of sulfonamides is 1. The smallest absolute Gasteiger partial charge is 0.251 e. The lowest BCUT2D eigenvalue weighted by atomic mass is 10.2. The topological polar surface area (TPSA) is 93.5 Å². The highest BCUT2D eigenvalue weighted by atomic mass is 32.2. The number of carbonyl (C=O) groups is 1. The lowest BCUT2D eigenvalue weighted by molar-refractivity contribution is 0.0730. The van der Waals surface area contributed by atoms with Crippen LogP contribution in [0.1, 0.15) is 16.1 Å². The first-order chi connectivity index (χ1) is 14.4. The van der Waals surface area contributed by atoms with Gasteiger partial charge < -0.3 is 10.1 Å². The summed E-state index contributed by atoms with van der Waals surface area (Å²) in [6.07, 6.45) is 0. The van der Waals surface area contributed by atoms with Gasteiger partial charge in [-0.15, -0.1) is 11.3 Å². The highest BCUT2D eigenvalue weighted by molar-refractivity contribution is 7.89. The Kier molecular flexibility index (Phi) is 6.00. The van der Waals surface area contributed by atoms with Crippen molar-refractivity contribution >= 4 is 27.3 Å². The predicted octanol–water partition coefficient (Wildman–Crippen LogP) is 2.10. The van der Waals surface area contributed by atoms with Gasteiger partial charge in [0.25, 0.3) is 5.91 Å². The van der Waals surface area contributed by atoms with Gasteiger partial charge in [0.05, 0.1) is 35.2 Å². The van der Waals surface area contributed by atoms with Gasteiger partial charge in [0.1, 0.15) is 5.69 Å². The largest absolute Gasteiger partial charge is 0.379 e. The van der Waals surface area contributed by atoms with Crippen molar-refractivity contribution in [3.8, 4) is 10.6 Å². The molecule has 1 fully saturated rings. The van der Waals surface area contributed by atoms with E-state index >= 15 is 0 Å². The molecular weight excluding hydrogens is 424 g/mol. The van der Waals surface area contributed by atoms with E-state index in [2.05, 4.69) is 10.4 Å². The minimum absolute atomic E-state index is 0.174. The molecule has 1 N–H and O–H groups in total. The first-order valence-corrected chi connectivity index (χ1v) is 11.8. The van der Waals surface area contributed by atoms with Gasteiger partial charge in [-0.1, -0.05) is 6.07 Å². The van der Waals surface area contributed by atoms with Gasteiger partial charge in [-0.25, -0.2) is 8.42 Å². The number of rotatable bonds is 6. The molecule has 3 heterocycles. The van der Waals surface area contributed by atoms with E-state index in [-0.39, 0.29) is 10.8 Å². The molecule has 8 nitrogen and oxygen atoms in total. The second-order valence-electron chi connectivity index (χ2n) is 6.85. The van der Waals surface area contributed by atoms with Gasteiger partial charge in [-0.3, -0.25) is 9.48 Å². The molecule has 1 aliphatic rings. The Morgan fingerprint density at radius 2 is 1.93 bits per heavy atom. The van der Waals surface area contributed by atoms with Crippen LogP contribution in [0.15, 0.2) is 52.7 Å². The monoisotopic (exact) mass is 446 g/mol. The normalized spacial score (nSPS) is 15.2. The minimum atomic E-state index is -3.57. The molecule has 1 saturated heterocycles. The van der Waals surface area contributed by atoms with Crippen LogP contribution in [0.25, 0.3) is 10.6 Å². The number of hydrogen-bond donors (Lipinski definition) is 1. The number of morpholine rings is 1. The van der Waals surface area contributed by atoms with Crippen molar-refractivity contribution in [1.29, 1.82) is 0 Å². The SMILES string of the molecule is Cn1nc(-c2cccs2)cc1CNC(=O)c1ccc(S(=O)(=O)N2CCOCC2)cc1. The molecule has 1 aromatic carbocycles. The Hall–Kier alpha value is -2.53. The summed E-state index contributed by atoms with van der Waals surface area (Å²) in [6, 6.07) is 11.9. The standard InChI is InChI=1S/C20H22N4O4S2/c1-23-16(13-18(22-23)19-3-2-12-29-19)14-21-20(25)15-4-6-17(7-5-15)30(26,27)24-8-10-28-11-9-24/h2-7,12-13H,8-11,14H2,1H3,(H,21,25). The summed E-state index contributed by atoms with van der Waals surface area (Å²) < 4.78 is 33.7. The van der Waals surface area contributed by atoms with Crippen molar-refractivity contribution in [3.05, 3.63) is 59.1 Å². The Morgan fingerprint density at radius 1 is 1.20 bits per heavy atom. The molecule has 30 heavy (non-hydrogen) atoms. The number of nitrogens with one attached hydrogen (secondary N) is 1. The van der Waals surface area contributed by atoms with Gasteiger partial charge in [-0.05, 0) is 41.8 Å². The number of thiophene rings is 1. The Morgan fingerprint density at radius 3 is 2.60 bits per heavy atom. The lowest BCUT2D eigenvalue weighted by Gasteiger charge is -2.26. The third-order valence-corrected chi connectivity index (χ3v) is 7.71. The van der Waals surface area contributed by atoms with E-state index in [1.54, 1.807) is 16.0 Å². The van der Waals surface area contributed by atoms with Gasteiger partial charge in [0.15, 0.2) is 0 Å². The number of aromatic nitrogens is 2. The maximum Gasteiger partial charge on any atom is 0.251 e. The second-order valence-corrected chi connectivity index (χ2v) is 9.73. The Balaban J connectivity index is 1.41. The molecule has 1 amide bonds. The molecule has 0 spiro atoms. The van der Waals surface area contributed by atoms with E-state index in [9.17, 15) is 13.2 Å². The van der Waals surface area contributed by atoms with Crippen LogP contribution in [-0.2, 0) is 28.4 Å². The van der Waals surface area contributed by atoms with Gasteiger partial charge >= 0.3 is 0 Å². The summed E-state index contributed by atoms with van der Waals surface area (Å²) in [4.78, 5) is 13.8. The van der Waals surface area contributed by atoms with Crippen LogP contribution in [0.2, 0.25) is 0 Å². The summed E-state index contributed by atoms with van der Waals surface area (Å²) in [5.74, 6) is -0.274. The zero-order valence-electron chi connectivity index (χ0n) is 16.4. The maximum atomic E-state index is 12.7. The van der Waals surface area contributed by atoms with Crippen LogP contribution >= 0.6 is 11.3 Å². The molecule has 3 aromatic rings. The van der Waals surface area contributed by atoms with E-state index in [1.807, 2.05) is 30.6 Å². The molecule has 0 aliphatic carbocycles. The van der Waals surface area contributed by atoms with Gasteiger partial charge in [0.2, 0.25) is 10.0 Å². The van der Waals surface area contributed by atoms with Crippen molar-refractivity contribution in [2.75, 3.05) is 26.3 Å². The fourth-order valence-corrected chi connectivity index (χ4v) is 5.29. The molecule has 4 rings (SSSR count). The summed E-state index contributed by atoms with van der Waals surface area (Å²) in [5, 5.41) is 9.34. The molecule has 1 aliphatic heterocycles. The molecule has 0 radical (unpaired) electrons. The Labute approximate surface area is 179 Å². The third-order valence-electron chi connectivity index (χ3n) is 4.90. The molecule has 0 atom stereocenters. The van der Waals surface area contributed by atoms with Crippen molar-refractivity contribution < 1.29 is 17.9 Å². The van der Waals surface area contributed by atoms with Crippen LogP contribution in [-0.4, -0.2) is 54.7 Å². The third kappa shape index (κ3) is 4.31. The van der Waals surface area contributed by atoms with Crippen molar-refractivity contribution in [1.82, 2.24) is 19.4 Å². The zero-order valence-corrected chi connectivity index (χ0v) is 18.1. The minimum Gasteiger partial charge on any atom is -0.379 e. The van der Waals surface area contributed by atoms with Gasteiger partial charge in [0, 0.05) is 25.7 Å². The average molecular weight is 447 g/mol. The van der Waals surface area contributed by atoms with Crippen LogP contribution in [0.5, 0.6) is 0 Å². The fraction of sp³-hybridized carbons (Fsp3) is 0.300. The summed E-state index contributed by atoms with van der Waals surface area (Å²) in [6.45, 7) is 1.77. The van der Waals surface area contributed by atoms with Crippen LogP contribution in [0.3, 0.4) is 0 Å². The molecule has 0 bridgehead atoms. The Bertz CT molecular complexity index is 1120. The zero-order chi connectivity index (χ0) is 21.1. The first-order valence-electron chi connectivity index (χ1n) is 9.48. The van der Waals surface area contributed by atoms with E-state index in [0.29, 0.717) is 38.4 Å². The summed E-state index contributed by atoms with van der Waals surface area (Å²) in [5.41, 5.74) is 2.14. The van der Waals surface area contributed by atoms with Crippen molar-refractivity contribution in [3.63, 3.8) is 0 Å². The average Bonchev–Trinajstić information content (AvgIpc) is 3.42. The maximum absolute atomic E-state index is 12.7. The molecule has 10 heteroatoms. The summed E-state index contributed by atoms with van der Waals surface area (Å²) >= 11 is 1.61. The van der Waals surface area contributed by atoms with Crippen LogP contribution in [0, 0.1) is 0 Å². The molecule has 0 unspecified atom stereocenters. The number of aryl methyl sites for hydroxylation is 1. The number of ether oxygens (including phenoxy) is 1. The quantitative estimate of drug-likeness (QED) is 0.626. The number of benzene rings is 1. The van der Waals surface area contributed by atoms with E-state index < -0.39 is 10.0 Å². The summed E-state index contributed by atoms with van der Waals surface area (Å²) in [7, 11) is -1.74. The lowest BCUT2D eigenvalue weighted by Crippen LogP contribution is -2.40. The second kappa shape index (κ2) is 8.68. The highest BCUT2D eigenvalue weighted by Gasteiger charge is 2.26. The van der Waals surface area contributed by atoms with E-state index in [4.69, 9.17) is 4.74 Å². The number of carbonyl (C=O) groups excluding carboxylic acids is 1. The van der Waals surface area contributed by atoms with E-state index in [1.165, 1.54) is 28.6 Å². The molecule has 0 saturated carbocycles. The van der Waals surface area contributed by atoms with E-state index in [0.717, 1.165) is 16.3 Å². The van der Waals surface area contributed by atoms with Crippen molar-refractivity contribution in [2.24, 2.45) is 7.05 Å². The first kappa shape index (κ1) is 20.7. The fourth-order valence-electron chi connectivity index (χ4n) is 3.20. The van der Waals surface area contributed by atoms with Crippen molar-refractivity contribution in [2.45, 2.75) is 11.4 Å². The number of nitrogens with zero attached hydrogens (tertiary/aromatic N) is 3. The number of hydrogen-bond acceptors (Lipinski definition) is 6.